The molecule has 0 aliphatic rings. The molecule has 0 amide bonds. The van der Waals surface area contributed by atoms with Gasteiger partial charge >= 0.3 is 0 Å². The van der Waals surface area contributed by atoms with Crippen LogP contribution in [0.5, 0.6) is 0 Å². The van der Waals surface area contributed by atoms with E-state index in [0.717, 1.165) is 17.7 Å². The Labute approximate surface area is 103 Å². The van der Waals surface area contributed by atoms with Crippen molar-refractivity contribution < 1.29 is 4.92 Å². The van der Waals surface area contributed by atoms with Crippen molar-refractivity contribution in [2.75, 3.05) is 13.6 Å². The van der Waals surface area contributed by atoms with Crippen molar-refractivity contribution >= 4 is 11.3 Å². The molecule has 0 saturated heterocycles. The molecule has 0 heterocycles. The van der Waals surface area contributed by atoms with Crippen molar-refractivity contribution in [2.24, 2.45) is 0 Å². The number of hydrogen-bond donors (Lipinski definition) is 1. The summed E-state index contributed by atoms with van der Waals surface area (Å²) in [5, 5.41) is 13.6. The zero-order chi connectivity index (χ0) is 13.3. The Hall–Kier alpha value is -1.68. The number of benzene rings is 1. The van der Waals surface area contributed by atoms with Crippen LogP contribution in [0.15, 0.2) is 30.3 Å². The van der Waals surface area contributed by atoms with E-state index in [1.165, 1.54) is 6.07 Å². The molecule has 0 fully saturated rings. The maximum Gasteiger partial charge on any atom is 0.270 e. The van der Waals surface area contributed by atoms with Gasteiger partial charge in [0.1, 0.15) is 0 Å². The average Bonchev–Trinajstić information content (AvgIpc) is 2.38. The lowest BCUT2D eigenvalue weighted by molar-refractivity contribution is -0.384. The molecule has 0 saturated carbocycles. The fourth-order valence-electron chi connectivity index (χ4n) is 1.24. The molecular formula is C13H20N2O2. The summed E-state index contributed by atoms with van der Waals surface area (Å²) in [6.07, 6.45) is 2.00. The zero-order valence-electron chi connectivity index (χ0n) is 10.9. The summed E-state index contributed by atoms with van der Waals surface area (Å²) in [7, 11) is 1.86. The van der Waals surface area contributed by atoms with E-state index >= 15 is 0 Å². The number of non-ortho nitro benzene ring substituents is 1. The van der Waals surface area contributed by atoms with Gasteiger partial charge in [0.25, 0.3) is 5.69 Å². The van der Waals surface area contributed by atoms with Crippen LogP contribution in [-0.4, -0.2) is 18.5 Å². The summed E-state index contributed by atoms with van der Waals surface area (Å²) in [5.74, 6) is 0. The monoisotopic (exact) mass is 236 g/mol. The second-order valence-electron chi connectivity index (χ2n) is 3.25. The molecule has 1 N–H and O–H groups in total. The van der Waals surface area contributed by atoms with Gasteiger partial charge in [0.15, 0.2) is 0 Å². The highest BCUT2D eigenvalue weighted by atomic mass is 16.6. The van der Waals surface area contributed by atoms with Crippen LogP contribution in [0.2, 0.25) is 0 Å². The second kappa shape index (κ2) is 8.47. The van der Waals surface area contributed by atoms with Crippen molar-refractivity contribution in [3.63, 3.8) is 0 Å². The number of allylic oxidation sites excluding steroid dienone is 1. The molecule has 0 radical (unpaired) electrons. The number of likely N-dealkylation sites (N-methyl/N-ethyl adjacent to an activating group) is 1. The van der Waals surface area contributed by atoms with E-state index in [1.807, 2.05) is 40.0 Å². The van der Waals surface area contributed by atoms with E-state index in [0.29, 0.717) is 0 Å². The molecule has 17 heavy (non-hydrogen) atoms. The summed E-state index contributed by atoms with van der Waals surface area (Å²) in [6.45, 7) is 6.70. The molecule has 0 aliphatic heterocycles. The highest BCUT2D eigenvalue weighted by molar-refractivity contribution is 5.65. The van der Waals surface area contributed by atoms with Crippen LogP contribution >= 0.6 is 0 Å². The third-order valence-electron chi connectivity index (χ3n) is 2.12. The van der Waals surface area contributed by atoms with Gasteiger partial charge in [0, 0.05) is 18.7 Å². The first-order chi connectivity index (χ1) is 8.15. The van der Waals surface area contributed by atoms with Gasteiger partial charge in [-0.1, -0.05) is 32.1 Å². The Morgan fingerprint density at radius 3 is 2.65 bits per heavy atom. The highest BCUT2D eigenvalue weighted by Crippen LogP contribution is 2.19. The molecule has 0 aromatic heterocycles. The van der Waals surface area contributed by atoms with Crippen molar-refractivity contribution in [3.8, 4) is 0 Å². The van der Waals surface area contributed by atoms with Crippen LogP contribution in [0.3, 0.4) is 0 Å². The molecule has 4 nitrogen and oxygen atoms in total. The number of nitrogens with one attached hydrogen (secondary N) is 1. The Morgan fingerprint density at radius 2 is 2.12 bits per heavy atom. The van der Waals surface area contributed by atoms with Gasteiger partial charge in [0.05, 0.1) is 4.92 Å². The Bertz CT molecular complexity index is 387. The topological polar surface area (TPSA) is 55.2 Å². The van der Waals surface area contributed by atoms with Gasteiger partial charge in [-0.05, 0) is 25.1 Å². The molecule has 4 heteroatoms. The predicted octanol–water partition coefficient (Wildman–Crippen LogP) is 3.24. The summed E-state index contributed by atoms with van der Waals surface area (Å²) in [5.41, 5.74) is 2.05. The third-order valence-corrected chi connectivity index (χ3v) is 2.12. The minimum absolute atomic E-state index is 0.129. The fourth-order valence-corrected chi connectivity index (χ4v) is 1.24. The van der Waals surface area contributed by atoms with E-state index in [1.54, 1.807) is 12.1 Å². The van der Waals surface area contributed by atoms with Gasteiger partial charge in [0.2, 0.25) is 0 Å². The lowest BCUT2D eigenvalue weighted by Crippen LogP contribution is -2.04. The van der Waals surface area contributed by atoms with Crippen LogP contribution in [0, 0.1) is 10.1 Å². The molecular weight excluding hydrogens is 216 g/mol. The summed E-state index contributed by atoms with van der Waals surface area (Å²) in [6, 6.07) is 6.65. The van der Waals surface area contributed by atoms with Crippen LogP contribution in [-0.2, 0) is 0 Å². The van der Waals surface area contributed by atoms with Crippen molar-refractivity contribution in [2.45, 2.75) is 20.8 Å². The van der Waals surface area contributed by atoms with Crippen LogP contribution < -0.4 is 5.32 Å². The molecule has 1 aromatic carbocycles. The minimum atomic E-state index is -0.380. The average molecular weight is 236 g/mol. The smallest absolute Gasteiger partial charge is 0.270 e. The third kappa shape index (κ3) is 5.26. The zero-order valence-corrected chi connectivity index (χ0v) is 10.9. The minimum Gasteiger partial charge on any atom is -0.316 e. The van der Waals surface area contributed by atoms with Crippen molar-refractivity contribution in [1.82, 2.24) is 5.32 Å². The molecule has 0 atom stereocenters. The van der Waals surface area contributed by atoms with E-state index in [9.17, 15) is 10.1 Å². The summed E-state index contributed by atoms with van der Waals surface area (Å²) < 4.78 is 0. The second-order valence-corrected chi connectivity index (χ2v) is 3.25. The number of nitro benzene ring substituents is 1. The molecule has 1 rings (SSSR count). The standard InChI is InChI=1S/C11H14N2O2.C2H6/c1-9(6-7-12-2)10-4-3-5-11(8-10)13(14)15;1-2/h3-6,8,12H,7H2,1-2H3;1-2H3/b9-6+;. The summed E-state index contributed by atoms with van der Waals surface area (Å²) in [4.78, 5) is 10.2. The van der Waals surface area contributed by atoms with E-state index in [-0.39, 0.29) is 10.6 Å². The molecule has 0 aliphatic carbocycles. The Kier molecular flexibility index (Phi) is 7.63. The van der Waals surface area contributed by atoms with Crippen molar-refractivity contribution in [1.29, 1.82) is 0 Å². The Balaban J connectivity index is 0.00000121. The van der Waals surface area contributed by atoms with E-state index in [2.05, 4.69) is 5.32 Å². The SMILES string of the molecule is CC.CNC/C=C(\C)c1cccc([N+](=O)[O-])c1. The number of hydrogen-bond acceptors (Lipinski definition) is 3. The lowest BCUT2D eigenvalue weighted by atomic mass is 10.1. The van der Waals surface area contributed by atoms with Gasteiger partial charge in [-0.15, -0.1) is 0 Å². The normalized spacial score (nSPS) is 10.5. The maximum atomic E-state index is 10.6. The number of nitro groups is 1. The first kappa shape index (κ1) is 15.3. The molecule has 0 spiro atoms. The largest absolute Gasteiger partial charge is 0.316 e. The van der Waals surface area contributed by atoms with Gasteiger partial charge in [-0.2, -0.15) is 0 Å². The van der Waals surface area contributed by atoms with Crippen LogP contribution in [0.1, 0.15) is 26.3 Å². The molecule has 0 bridgehead atoms. The quantitative estimate of drug-likeness (QED) is 0.645. The number of rotatable bonds is 4. The van der Waals surface area contributed by atoms with E-state index in [4.69, 9.17) is 0 Å². The maximum absolute atomic E-state index is 10.6. The van der Waals surface area contributed by atoms with Crippen molar-refractivity contribution in [3.05, 3.63) is 46.0 Å². The van der Waals surface area contributed by atoms with Gasteiger partial charge < -0.3 is 5.32 Å². The first-order valence-corrected chi connectivity index (χ1v) is 5.71. The highest BCUT2D eigenvalue weighted by Gasteiger charge is 2.05. The summed E-state index contributed by atoms with van der Waals surface area (Å²) >= 11 is 0. The fraction of sp³-hybridized carbons (Fsp3) is 0.385. The van der Waals surface area contributed by atoms with Gasteiger partial charge in [-0.3, -0.25) is 10.1 Å². The molecule has 0 unspecified atom stereocenters. The first-order valence-electron chi connectivity index (χ1n) is 5.71. The van der Waals surface area contributed by atoms with Crippen LogP contribution in [0.4, 0.5) is 5.69 Å². The van der Waals surface area contributed by atoms with E-state index < -0.39 is 0 Å². The number of nitrogens with zero attached hydrogens (tertiary/aromatic N) is 1. The van der Waals surface area contributed by atoms with Gasteiger partial charge in [-0.25, -0.2) is 0 Å². The predicted molar refractivity (Wildman–Crippen MR) is 72.0 cm³/mol. The molecule has 94 valence electrons. The molecule has 1 aromatic rings. The van der Waals surface area contributed by atoms with Crippen LogP contribution in [0.25, 0.3) is 5.57 Å². The Morgan fingerprint density at radius 1 is 1.47 bits per heavy atom. The lowest BCUT2D eigenvalue weighted by Gasteiger charge is -2.01.